The summed E-state index contributed by atoms with van der Waals surface area (Å²) < 4.78 is 7.36. The van der Waals surface area contributed by atoms with Crippen molar-refractivity contribution in [1.29, 1.82) is 0 Å². The van der Waals surface area contributed by atoms with E-state index in [1.54, 1.807) is 0 Å². The minimum atomic E-state index is -1.62. The van der Waals surface area contributed by atoms with Gasteiger partial charge in [-0.15, -0.1) is 0 Å². The molecule has 3 atom stereocenters. The third-order valence-corrected chi connectivity index (χ3v) is 19.9. The van der Waals surface area contributed by atoms with Crippen molar-refractivity contribution in [2.75, 3.05) is 0 Å². The summed E-state index contributed by atoms with van der Waals surface area (Å²) in [5.41, 5.74) is 0.542. The lowest BCUT2D eigenvalue weighted by atomic mass is 9.81. The highest BCUT2D eigenvalue weighted by molar-refractivity contribution is 6.83. The minimum absolute atomic E-state index is 0.148. The van der Waals surface area contributed by atoms with Gasteiger partial charge in [0.25, 0.3) is 0 Å². The Balaban J connectivity index is 2.81. The van der Waals surface area contributed by atoms with Crippen molar-refractivity contribution in [3.63, 3.8) is 0 Å². The molecule has 0 aliphatic carbocycles. The van der Waals surface area contributed by atoms with Crippen LogP contribution in [0.1, 0.15) is 113 Å². The van der Waals surface area contributed by atoms with E-state index in [0.29, 0.717) is 10.5 Å². The molecule has 1 fully saturated rings. The fourth-order valence-corrected chi connectivity index (χ4v) is 13.6. The maximum atomic E-state index is 7.36. The van der Waals surface area contributed by atoms with E-state index < -0.39 is 16.4 Å². The summed E-state index contributed by atoms with van der Waals surface area (Å²) >= 11 is 0. The van der Waals surface area contributed by atoms with Gasteiger partial charge in [0.05, 0.1) is 8.07 Å². The zero-order valence-electron chi connectivity index (χ0n) is 21.4. The van der Waals surface area contributed by atoms with E-state index in [-0.39, 0.29) is 5.22 Å². The van der Waals surface area contributed by atoms with Gasteiger partial charge in [0.1, 0.15) is 0 Å². The van der Waals surface area contributed by atoms with Gasteiger partial charge in [0.2, 0.25) is 0 Å². The van der Waals surface area contributed by atoms with Gasteiger partial charge in [-0.2, -0.15) is 0 Å². The van der Waals surface area contributed by atoms with Crippen LogP contribution in [0.2, 0.25) is 36.8 Å². The van der Waals surface area contributed by atoms with Crippen LogP contribution in [0.5, 0.6) is 0 Å². The fraction of sp³-hybridized carbons (Fsp3) is 1.00. The first-order chi connectivity index (χ1) is 12.9. The molecule has 1 aliphatic rings. The normalized spacial score (nSPS) is 28.1. The Labute approximate surface area is 180 Å². The van der Waals surface area contributed by atoms with Crippen molar-refractivity contribution in [2.45, 2.75) is 155 Å². The topological polar surface area (TPSA) is 9.23 Å². The number of unbranched alkanes of at least 4 members (excludes halogenated alkanes) is 2. The molecule has 0 aromatic heterocycles. The largest absolute Gasteiger partial charge is 0.414 e. The molecule has 28 heavy (non-hydrogen) atoms. The molecule has 1 aliphatic heterocycles. The predicted octanol–water partition coefficient (Wildman–Crippen LogP) is 9.35. The van der Waals surface area contributed by atoms with Crippen LogP contribution in [0.25, 0.3) is 0 Å². The molecule has 0 aromatic rings. The van der Waals surface area contributed by atoms with Crippen LogP contribution in [0, 0.1) is 5.41 Å². The van der Waals surface area contributed by atoms with Gasteiger partial charge < -0.3 is 4.43 Å². The first kappa shape index (κ1) is 26.4. The maximum absolute atomic E-state index is 7.36. The number of hydrogen-bond donors (Lipinski definition) is 0. The average Bonchev–Trinajstić information content (AvgIpc) is 2.66. The SMILES string of the molecule is CCCCCC1(C)CC[Si]1(C)OC(C)(CC)[Si](C)(C)CCCC(C)(CC)CC. The van der Waals surface area contributed by atoms with Crippen molar-refractivity contribution in [3.05, 3.63) is 0 Å². The average molecular weight is 427 g/mol. The van der Waals surface area contributed by atoms with Gasteiger partial charge in [0.15, 0.2) is 8.32 Å². The molecule has 0 radical (unpaired) electrons. The molecule has 1 nitrogen and oxygen atoms in total. The summed E-state index contributed by atoms with van der Waals surface area (Å²) in [6.45, 7) is 24.8. The first-order valence-electron chi connectivity index (χ1n) is 12.6. The highest BCUT2D eigenvalue weighted by Gasteiger charge is 2.59. The summed E-state index contributed by atoms with van der Waals surface area (Å²) in [5, 5.41) is 0.668. The van der Waals surface area contributed by atoms with Crippen molar-refractivity contribution in [1.82, 2.24) is 0 Å². The summed E-state index contributed by atoms with van der Waals surface area (Å²) in [4.78, 5) is 0. The Morgan fingerprint density at radius 3 is 2.00 bits per heavy atom. The molecule has 0 amide bonds. The molecule has 0 aromatic carbocycles. The predicted molar refractivity (Wildman–Crippen MR) is 134 cm³/mol. The standard InChI is InChI=1S/C25H54OSi2/c1-11-15-16-19-24(6)20-22-28(24,10)26-25(7,14-4)27(8,9)21-17-18-23(5,12-2)13-3/h11-22H2,1-10H3. The third-order valence-electron chi connectivity index (χ3n) is 9.61. The van der Waals surface area contributed by atoms with Crippen molar-refractivity contribution >= 4 is 16.4 Å². The lowest BCUT2D eigenvalue weighted by Gasteiger charge is -2.59. The lowest BCUT2D eigenvalue weighted by Crippen LogP contribution is -2.65. The summed E-state index contributed by atoms with van der Waals surface area (Å²) in [6, 6.07) is 2.81. The molecule has 0 spiro atoms. The number of rotatable bonds is 14. The Morgan fingerprint density at radius 1 is 0.964 bits per heavy atom. The van der Waals surface area contributed by atoms with E-state index in [2.05, 4.69) is 68.1 Å². The molecule has 3 heteroatoms. The van der Waals surface area contributed by atoms with Crippen molar-refractivity contribution in [2.24, 2.45) is 5.41 Å². The highest BCUT2D eigenvalue weighted by atomic mass is 28.4. The molecule has 1 rings (SSSR count). The molecule has 0 N–H and O–H groups in total. The van der Waals surface area contributed by atoms with E-state index in [4.69, 9.17) is 4.43 Å². The van der Waals surface area contributed by atoms with Crippen molar-refractivity contribution < 1.29 is 4.43 Å². The van der Waals surface area contributed by atoms with Crippen LogP contribution < -0.4 is 0 Å². The fourth-order valence-electron chi connectivity index (χ4n) is 5.24. The lowest BCUT2D eigenvalue weighted by molar-refractivity contribution is 0.116. The molecular weight excluding hydrogens is 372 g/mol. The van der Waals surface area contributed by atoms with E-state index in [1.807, 2.05) is 0 Å². The Kier molecular flexibility index (Phi) is 9.57. The molecule has 3 unspecified atom stereocenters. The highest BCUT2D eigenvalue weighted by Crippen LogP contribution is 2.60. The van der Waals surface area contributed by atoms with Crippen LogP contribution in [0.4, 0.5) is 0 Å². The first-order valence-corrected chi connectivity index (χ1v) is 18.4. The van der Waals surface area contributed by atoms with Crippen LogP contribution in [-0.2, 0) is 4.43 Å². The Bertz CT molecular complexity index is 473. The van der Waals surface area contributed by atoms with Crippen LogP contribution in [-0.4, -0.2) is 21.6 Å². The number of hydrogen-bond acceptors (Lipinski definition) is 1. The third kappa shape index (κ3) is 5.75. The van der Waals surface area contributed by atoms with Crippen LogP contribution in [0.15, 0.2) is 0 Å². The zero-order valence-corrected chi connectivity index (χ0v) is 23.4. The molecule has 168 valence electrons. The second-order valence-corrected chi connectivity index (χ2v) is 21.4. The van der Waals surface area contributed by atoms with Gasteiger partial charge in [-0.1, -0.05) is 99.2 Å². The Hall–Kier alpha value is 0.394. The maximum Gasteiger partial charge on any atom is 0.195 e. The second-order valence-electron chi connectivity index (χ2n) is 11.7. The molecule has 1 heterocycles. The van der Waals surface area contributed by atoms with Gasteiger partial charge in [-0.25, -0.2) is 0 Å². The van der Waals surface area contributed by atoms with Crippen molar-refractivity contribution in [3.8, 4) is 0 Å². The van der Waals surface area contributed by atoms with E-state index in [1.165, 1.54) is 76.3 Å². The quantitative estimate of drug-likeness (QED) is 0.198. The zero-order chi connectivity index (χ0) is 21.7. The van der Waals surface area contributed by atoms with Crippen LogP contribution in [0.3, 0.4) is 0 Å². The van der Waals surface area contributed by atoms with Gasteiger partial charge in [-0.3, -0.25) is 0 Å². The molecule has 0 bridgehead atoms. The van der Waals surface area contributed by atoms with Crippen LogP contribution >= 0.6 is 0 Å². The van der Waals surface area contributed by atoms with E-state index in [0.717, 1.165) is 0 Å². The molecular formula is C25H54OSi2. The Morgan fingerprint density at radius 2 is 1.57 bits per heavy atom. The summed E-state index contributed by atoms with van der Waals surface area (Å²) in [7, 11) is -3.08. The monoisotopic (exact) mass is 426 g/mol. The summed E-state index contributed by atoms with van der Waals surface area (Å²) in [5.74, 6) is 0. The second kappa shape index (κ2) is 10.1. The molecule has 1 saturated heterocycles. The summed E-state index contributed by atoms with van der Waals surface area (Å²) in [6.07, 6.45) is 13.5. The minimum Gasteiger partial charge on any atom is -0.414 e. The molecule has 0 saturated carbocycles. The van der Waals surface area contributed by atoms with E-state index in [9.17, 15) is 0 Å². The van der Waals surface area contributed by atoms with Gasteiger partial charge in [0, 0.05) is 5.22 Å². The smallest absolute Gasteiger partial charge is 0.195 e. The van der Waals surface area contributed by atoms with Gasteiger partial charge in [-0.05, 0) is 55.7 Å². The van der Waals surface area contributed by atoms with Gasteiger partial charge >= 0.3 is 0 Å². The van der Waals surface area contributed by atoms with E-state index >= 15 is 0 Å².